The van der Waals surface area contributed by atoms with Crippen molar-refractivity contribution in [1.82, 2.24) is 0 Å². The normalized spacial score (nSPS) is 10.4. The van der Waals surface area contributed by atoms with Gasteiger partial charge in [-0.1, -0.05) is 6.92 Å². The molecule has 0 radical (unpaired) electrons. The summed E-state index contributed by atoms with van der Waals surface area (Å²) in [6, 6.07) is 3.81. The molecule has 0 aliphatic heterocycles. The second-order valence-corrected chi connectivity index (χ2v) is 4.41. The minimum absolute atomic E-state index is 0.173. The van der Waals surface area contributed by atoms with Crippen LogP contribution in [0.3, 0.4) is 0 Å². The summed E-state index contributed by atoms with van der Waals surface area (Å²) in [4.78, 5) is 11.7. The maximum Gasteiger partial charge on any atom is 0.162 e. The van der Waals surface area contributed by atoms with E-state index in [9.17, 15) is 4.79 Å². The molecule has 0 aliphatic rings. The summed E-state index contributed by atoms with van der Waals surface area (Å²) in [5.41, 5.74) is 2.81. The van der Waals surface area contributed by atoms with Gasteiger partial charge in [0.2, 0.25) is 0 Å². The zero-order valence-corrected chi connectivity index (χ0v) is 11.7. The van der Waals surface area contributed by atoms with E-state index in [0.29, 0.717) is 19.6 Å². The van der Waals surface area contributed by atoms with Gasteiger partial charge in [0.1, 0.15) is 5.75 Å². The quantitative estimate of drug-likeness (QED) is 0.550. The first-order chi connectivity index (χ1) is 8.60. The number of rotatable bonds is 7. The summed E-state index contributed by atoms with van der Waals surface area (Å²) in [5, 5.41) is 0. The maximum absolute atomic E-state index is 11.7. The highest BCUT2D eigenvalue weighted by Gasteiger charge is 2.10. The molecule has 0 aliphatic carbocycles. The molecule has 3 nitrogen and oxygen atoms in total. The lowest BCUT2D eigenvalue weighted by Gasteiger charge is -2.13. The first-order valence-electron chi connectivity index (χ1n) is 6.36. The van der Waals surface area contributed by atoms with E-state index < -0.39 is 0 Å². The summed E-state index contributed by atoms with van der Waals surface area (Å²) in [6.07, 6.45) is 1.40. The molecule has 0 spiro atoms. The van der Waals surface area contributed by atoms with Crippen molar-refractivity contribution >= 4 is 5.78 Å². The summed E-state index contributed by atoms with van der Waals surface area (Å²) in [7, 11) is 1.68. The molecule has 1 rings (SSSR count). The Bertz CT molecular complexity index is 387. The molecule has 0 saturated carbocycles. The van der Waals surface area contributed by atoms with E-state index in [1.165, 1.54) is 0 Å². The van der Waals surface area contributed by atoms with Crippen LogP contribution in [0.1, 0.15) is 41.3 Å². The van der Waals surface area contributed by atoms with Crippen molar-refractivity contribution in [2.75, 3.05) is 20.3 Å². The van der Waals surface area contributed by atoms with Crippen LogP contribution < -0.4 is 4.74 Å². The zero-order valence-electron chi connectivity index (χ0n) is 11.7. The van der Waals surface area contributed by atoms with E-state index in [1.807, 2.05) is 32.9 Å². The van der Waals surface area contributed by atoms with Crippen molar-refractivity contribution in [3.63, 3.8) is 0 Å². The van der Waals surface area contributed by atoms with Crippen molar-refractivity contribution in [3.8, 4) is 5.75 Å². The molecule has 0 bridgehead atoms. The Labute approximate surface area is 109 Å². The molecule has 1 aromatic rings. The van der Waals surface area contributed by atoms with Crippen molar-refractivity contribution in [1.29, 1.82) is 0 Å². The SMILES string of the molecule is CCC(=O)c1cc(C)c(OCCCOC)c(C)c1. The van der Waals surface area contributed by atoms with Crippen LogP contribution in [-0.2, 0) is 4.74 Å². The number of ketones is 1. The third kappa shape index (κ3) is 3.84. The predicted molar refractivity (Wildman–Crippen MR) is 72.5 cm³/mol. The van der Waals surface area contributed by atoms with Crippen LogP contribution in [0.25, 0.3) is 0 Å². The lowest BCUT2D eigenvalue weighted by Crippen LogP contribution is -2.05. The van der Waals surface area contributed by atoms with Crippen LogP contribution in [0, 0.1) is 13.8 Å². The summed E-state index contributed by atoms with van der Waals surface area (Å²) >= 11 is 0. The molecular formula is C15H22O3. The smallest absolute Gasteiger partial charge is 0.162 e. The number of carbonyl (C=O) groups excluding carboxylic acids is 1. The largest absolute Gasteiger partial charge is 0.493 e. The Hall–Kier alpha value is -1.35. The molecule has 0 unspecified atom stereocenters. The number of methoxy groups -OCH3 is 1. The number of carbonyl (C=O) groups is 1. The highest BCUT2D eigenvalue weighted by molar-refractivity contribution is 5.96. The molecule has 0 N–H and O–H groups in total. The number of hydrogen-bond donors (Lipinski definition) is 0. The van der Waals surface area contributed by atoms with E-state index in [1.54, 1.807) is 7.11 Å². The monoisotopic (exact) mass is 250 g/mol. The van der Waals surface area contributed by atoms with Crippen molar-refractivity contribution in [2.45, 2.75) is 33.6 Å². The van der Waals surface area contributed by atoms with Crippen LogP contribution in [0.15, 0.2) is 12.1 Å². The van der Waals surface area contributed by atoms with E-state index in [0.717, 1.165) is 28.9 Å². The fourth-order valence-corrected chi connectivity index (χ4v) is 1.92. The summed E-state index contributed by atoms with van der Waals surface area (Å²) in [5.74, 6) is 1.06. The van der Waals surface area contributed by atoms with Crippen LogP contribution in [0.2, 0.25) is 0 Å². The zero-order chi connectivity index (χ0) is 13.5. The molecular weight excluding hydrogens is 228 g/mol. The molecule has 18 heavy (non-hydrogen) atoms. The molecule has 0 saturated heterocycles. The number of Topliss-reactive ketones (excluding diaryl/α,β-unsaturated/α-hetero) is 1. The van der Waals surface area contributed by atoms with E-state index in [4.69, 9.17) is 9.47 Å². The number of ether oxygens (including phenoxy) is 2. The van der Waals surface area contributed by atoms with E-state index in [-0.39, 0.29) is 5.78 Å². The van der Waals surface area contributed by atoms with Gasteiger partial charge >= 0.3 is 0 Å². The molecule has 0 aromatic heterocycles. The second kappa shape index (κ2) is 7.17. The summed E-state index contributed by atoms with van der Waals surface area (Å²) in [6.45, 7) is 7.17. The maximum atomic E-state index is 11.7. The average Bonchev–Trinajstić information content (AvgIpc) is 2.35. The molecule has 3 heteroatoms. The first kappa shape index (κ1) is 14.7. The minimum atomic E-state index is 0.173. The Morgan fingerprint density at radius 2 is 1.78 bits per heavy atom. The van der Waals surface area contributed by atoms with Crippen molar-refractivity contribution in [3.05, 3.63) is 28.8 Å². The van der Waals surface area contributed by atoms with Gasteiger partial charge in [0.25, 0.3) is 0 Å². The number of aryl methyl sites for hydroxylation is 2. The lowest BCUT2D eigenvalue weighted by atomic mass is 10.0. The van der Waals surface area contributed by atoms with Crippen LogP contribution in [-0.4, -0.2) is 26.1 Å². The van der Waals surface area contributed by atoms with Gasteiger partial charge in [0.05, 0.1) is 6.61 Å². The molecule has 0 fully saturated rings. The van der Waals surface area contributed by atoms with Crippen molar-refractivity contribution in [2.24, 2.45) is 0 Å². The van der Waals surface area contributed by atoms with Crippen LogP contribution in [0.5, 0.6) is 5.75 Å². The van der Waals surface area contributed by atoms with Gasteiger partial charge in [-0.05, 0) is 37.1 Å². The average molecular weight is 250 g/mol. The molecule has 1 aromatic carbocycles. The Balaban J connectivity index is 2.78. The van der Waals surface area contributed by atoms with Gasteiger partial charge in [0.15, 0.2) is 5.78 Å². The van der Waals surface area contributed by atoms with Gasteiger partial charge in [0, 0.05) is 32.1 Å². The number of hydrogen-bond acceptors (Lipinski definition) is 3. The molecule has 0 amide bonds. The molecule has 100 valence electrons. The Kier molecular flexibility index (Phi) is 5.86. The predicted octanol–water partition coefficient (Wildman–Crippen LogP) is 3.31. The topological polar surface area (TPSA) is 35.5 Å². The fraction of sp³-hybridized carbons (Fsp3) is 0.533. The minimum Gasteiger partial charge on any atom is -0.493 e. The van der Waals surface area contributed by atoms with Gasteiger partial charge in [-0.3, -0.25) is 4.79 Å². The number of benzene rings is 1. The standard InChI is InChI=1S/C15H22O3/c1-5-14(16)13-9-11(2)15(12(3)10-13)18-8-6-7-17-4/h9-10H,5-8H2,1-4H3. The third-order valence-electron chi connectivity index (χ3n) is 2.84. The fourth-order valence-electron chi connectivity index (χ4n) is 1.92. The lowest BCUT2D eigenvalue weighted by molar-refractivity contribution is 0.0988. The van der Waals surface area contributed by atoms with Gasteiger partial charge in [-0.25, -0.2) is 0 Å². The highest BCUT2D eigenvalue weighted by Crippen LogP contribution is 2.25. The first-order valence-corrected chi connectivity index (χ1v) is 6.36. The van der Waals surface area contributed by atoms with E-state index in [2.05, 4.69) is 0 Å². The Morgan fingerprint density at radius 1 is 1.17 bits per heavy atom. The van der Waals surface area contributed by atoms with Crippen molar-refractivity contribution < 1.29 is 14.3 Å². The van der Waals surface area contributed by atoms with Gasteiger partial charge in [-0.2, -0.15) is 0 Å². The van der Waals surface area contributed by atoms with Gasteiger partial charge in [-0.15, -0.1) is 0 Å². The van der Waals surface area contributed by atoms with Crippen LogP contribution in [0.4, 0.5) is 0 Å². The summed E-state index contributed by atoms with van der Waals surface area (Å²) < 4.78 is 10.7. The molecule has 0 heterocycles. The third-order valence-corrected chi connectivity index (χ3v) is 2.84. The van der Waals surface area contributed by atoms with Gasteiger partial charge < -0.3 is 9.47 Å². The van der Waals surface area contributed by atoms with E-state index >= 15 is 0 Å². The molecule has 0 atom stereocenters. The Morgan fingerprint density at radius 3 is 2.28 bits per heavy atom. The second-order valence-electron chi connectivity index (χ2n) is 4.41. The van der Waals surface area contributed by atoms with Crippen LogP contribution >= 0.6 is 0 Å². The highest BCUT2D eigenvalue weighted by atomic mass is 16.5.